The second-order valence-corrected chi connectivity index (χ2v) is 6.90. The molecular weight excluding hydrogens is 359 g/mol. The maximum Gasteiger partial charge on any atom is 0.234 e. The number of hydrogen-bond acceptors (Lipinski definition) is 1. The molecule has 3 aromatic rings. The van der Waals surface area contributed by atoms with Crippen LogP contribution in [0.5, 0.6) is 0 Å². The molecule has 0 atom stereocenters. The molecule has 0 aliphatic rings. The van der Waals surface area contributed by atoms with Crippen LogP contribution in [0.2, 0.25) is 0 Å². The van der Waals surface area contributed by atoms with Crippen LogP contribution in [0.4, 0.5) is 10.1 Å². The summed E-state index contributed by atoms with van der Waals surface area (Å²) in [5.74, 6) is -0.470. The Morgan fingerprint density at radius 1 is 1.22 bits per heavy atom. The van der Waals surface area contributed by atoms with Gasteiger partial charge in [0.05, 0.1) is 5.41 Å². The summed E-state index contributed by atoms with van der Waals surface area (Å²) in [7, 11) is 0. The average molecular weight is 375 g/mol. The molecule has 0 unspecified atom stereocenters. The fourth-order valence-corrected chi connectivity index (χ4v) is 2.99. The van der Waals surface area contributed by atoms with E-state index in [2.05, 4.69) is 26.2 Å². The van der Waals surface area contributed by atoms with Gasteiger partial charge in [0.1, 0.15) is 5.82 Å². The Labute approximate surface area is 142 Å². The third-order valence-electron chi connectivity index (χ3n) is 3.97. The minimum Gasteiger partial charge on any atom is -0.361 e. The lowest BCUT2D eigenvalue weighted by Gasteiger charge is -2.23. The van der Waals surface area contributed by atoms with E-state index in [9.17, 15) is 9.18 Å². The number of benzene rings is 2. The summed E-state index contributed by atoms with van der Waals surface area (Å²) in [6.07, 6.45) is 1.77. The van der Waals surface area contributed by atoms with Gasteiger partial charge in [0.15, 0.2) is 0 Å². The first-order valence-corrected chi connectivity index (χ1v) is 8.01. The smallest absolute Gasteiger partial charge is 0.234 e. The fraction of sp³-hybridized carbons (Fsp3) is 0.167. The largest absolute Gasteiger partial charge is 0.361 e. The molecule has 1 amide bonds. The maximum absolute atomic E-state index is 13.6. The Morgan fingerprint density at radius 3 is 2.74 bits per heavy atom. The van der Waals surface area contributed by atoms with E-state index in [4.69, 9.17) is 0 Å². The molecule has 0 aliphatic carbocycles. The molecule has 0 bridgehead atoms. The van der Waals surface area contributed by atoms with Crippen LogP contribution >= 0.6 is 15.9 Å². The highest BCUT2D eigenvalue weighted by Gasteiger charge is 2.32. The number of fused-ring (bicyclic) bond motifs is 1. The number of carbonyl (C=O) groups is 1. The molecule has 2 aromatic carbocycles. The lowest BCUT2D eigenvalue weighted by molar-refractivity contribution is -0.120. The topological polar surface area (TPSA) is 44.9 Å². The molecule has 5 heteroatoms. The monoisotopic (exact) mass is 374 g/mol. The van der Waals surface area contributed by atoms with Gasteiger partial charge in [0, 0.05) is 27.3 Å². The van der Waals surface area contributed by atoms with Gasteiger partial charge in [0.2, 0.25) is 5.91 Å². The third kappa shape index (κ3) is 3.01. The molecule has 118 valence electrons. The summed E-state index contributed by atoms with van der Waals surface area (Å²) >= 11 is 3.38. The SMILES string of the molecule is CC(C)(C(=O)Nc1cccc(Br)c1)c1c[nH]c2ccc(F)cc12. The van der Waals surface area contributed by atoms with Gasteiger partial charge in [-0.05, 0) is 55.8 Å². The summed E-state index contributed by atoms with van der Waals surface area (Å²) in [5, 5.41) is 3.64. The van der Waals surface area contributed by atoms with Gasteiger partial charge in [-0.1, -0.05) is 22.0 Å². The summed E-state index contributed by atoms with van der Waals surface area (Å²) in [6.45, 7) is 3.65. The second-order valence-electron chi connectivity index (χ2n) is 5.98. The second kappa shape index (κ2) is 5.81. The number of nitrogens with one attached hydrogen (secondary N) is 2. The lowest BCUT2D eigenvalue weighted by Crippen LogP contribution is -2.34. The Hall–Kier alpha value is -2.14. The van der Waals surface area contributed by atoms with Crippen LogP contribution in [0, 0.1) is 5.82 Å². The van der Waals surface area contributed by atoms with Gasteiger partial charge in [0.25, 0.3) is 0 Å². The van der Waals surface area contributed by atoms with Gasteiger partial charge in [-0.25, -0.2) is 4.39 Å². The van der Waals surface area contributed by atoms with Crippen molar-refractivity contribution in [3.63, 3.8) is 0 Å². The van der Waals surface area contributed by atoms with Crippen molar-refractivity contribution in [2.75, 3.05) is 5.32 Å². The quantitative estimate of drug-likeness (QED) is 0.666. The molecule has 0 radical (unpaired) electrons. The van der Waals surface area contributed by atoms with E-state index in [0.29, 0.717) is 5.69 Å². The minimum atomic E-state index is -0.811. The Bertz CT molecular complexity index is 886. The predicted molar refractivity (Wildman–Crippen MR) is 94.1 cm³/mol. The number of aromatic amines is 1. The zero-order valence-electron chi connectivity index (χ0n) is 12.8. The van der Waals surface area contributed by atoms with Crippen molar-refractivity contribution in [1.29, 1.82) is 0 Å². The van der Waals surface area contributed by atoms with Crippen molar-refractivity contribution in [1.82, 2.24) is 4.98 Å². The standard InChI is InChI=1S/C18H16BrFN2O/c1-18(2,17(23)22-13-5-3-4-11(19)8-13)15-10-21-16-7-6-12(20)9-14(15)16/h3-10,21H,1-2H3,(H,22,23). The van der Waals surface area contributed by atoms with E-state index >= 15 is 0 Å². The fourth-order valence-electron chi connectivity index (χ4n) is 2.59. The van der Waals surface area contributed by atoms with Gasteiger partial charge in [-0.2, -0.15) is 0 Å². The van der Waals surface area contributed by atoms with Gasteiger partial charge in [-0.3, -0.25) is 4.79 Å². The van der Waals surface area contributed by atoms with Crippen LogP contribution in [0.1, 0.15) is 19.4 Å². The zero-order chi connectivity index (χ0) is 16.6. The lowest BCUT2D eigenvalue weighted by atomic mass is 9.83. The van der Waals surface area contributed by atoms with Crippen LogP contribution in [0.25, 0.3) is 10.9 Å². The molecule has 0 saturated heterocycles. The van der Waals surface area contributed by atoms with Gasteiger partial charge >= 0.3 is 0 Å². The third-order valence-corrected chi connectivity index (χ3v) is 4.46. The van der Waals surface area contributed by atoms with Crippen LogP contribution < -0.4 is 5.32 Å². The molecule has 1 aromatic heterocycles. The highest BCUT2D eigenvalue weighted by Crippen LogP contribution is 2.32. The van der Waals surface area contributed by atoms with E-state index in [0.717, 1.165) is 20.9 Å². The molecule has 3 rings (SSSR count). The van der Waals surface area contributed by atoms with E-state index in [1.807, 2.05) is 38.1 Å². The number of aromatic nitrogens is 1. The molecule has 1 heterocycles. The Balaban J connectivity index is 1.96. The minimum absolute atomic E-state index is 0.152. The van der Waals surface area contributed by atoms with Crippen LogP contribution in [-0.2, 0) is 10.2 Å². The number of rotatable bonds is 3. The van der Waals surface area contributed by atoms with E-state index in [-0.39, 0.29) is 11.7 Å². The molecule has 0 aliphatic heterocycles. The van der Waals surface area contributed by atoms with Crippen LogP contribution in [0.3, 0.4) is 0 Å². The first-order valence-electron chi connectivity index (χ1n) is 7.22. The summed E-state index contributed by atoms with van der Waals surface area (Å²) < 4.78 is 14.4. The highest BCUT2D eigenvalue weighted by molar-refractivity contribution is 9.10. The molecule has 0 spiro atoms. The first-order chi connectivity index (χ1) is 10.9. The van der Waals surface area contributed by atoms with Crippen molar-refractivity contribution in [3.05, 3.63) is 64.5 Å². The molecule has 2 N–H and O–H groups in total. The maximum atomic E-state index is 13.6. The van der Waals surface area contributed by atoms with Crippen LogP contribution in [0.15, 0.2) is 53.1 Å². The molecule has 0 saturated carbocycles. The highest BCUT2D eigenvalue weighted by atomic mass is 79.9. The number of amides is 1. The zero-order valence-corrected chi connectivity index (χ0v) is 14.4. The molecule has 0 fully saturated rings. The summed E-state index contributed by atoms with van der Waals surface area (Å²) in [6, 6.07) is 11.9. The Morgan fingerprint density at radius 2 is 2.00 bits per heavy atom. The number of anilines is 1. The van der Waals surface area contributed by atoms with Gasteiger partial charge in [-0.15, -0.1) is 0 Å². The average Bonchev–Trinajstić information content (AvgIpc) is 2.90. The number of hydrogen-bond donors (Lipinski definition) is 2. The van der Waals surface area contributed by atoms with Crippen LogP contribution in [-0.4, -0.2) is 10.9 Å². The summed E-state index contributed by atoms with van der Waals surface area (Å²) in [4.78, 5) is 15.8. The predicted octanol–water partition coefficient (Wildman–Crippen LogP) is 4.99. The summed E-state index contributed by atoms with van der Waals surface area (Å²) in [5.41, 5.74) is 1.47. The molecular formula is C18H16BrFN2O. The van der Waals surface area contributed by atoms with Crippen molar-refractivity contribution in [2.24, 2.45) is 0 Å². The van der Waals surface area contributed by atoms with E-state index in [1.54, 1.807) is 12.3 Å². The normalized spacial score (nSPS) is 11.7. The van der Waals surface area contributed by atoms with Gasteiger partial charge < -0.3 is 10.3 Å². The number of H-pyrrole nitrogens is 1. The van der Waals surface area contributed by atoms with E-state index < -0.39 is 5.41 Å². The first kappa shape index (κ1) is 15.7. The van der Waals surface area contributed by atoms with E-state index in [1.165, 1.54) is 12.1 Å². The molecule has 23 heavy (non-hydrogen) atoms. The molecule has 3 nitrogen and oxygen atoms in total. The number of carbonyl (C=O) groups excluding carboxylic acids is 1. The Kier molecular flexibility index (Phi) is 3.98. The van der Waals surface area contributed by atoms with Crippen molar-refractivity contribution >= 4 is 38.4 Å². The number of halogens is 2. The van der Waals surface area contributed by atoms with Crippen molar-refractivity contribution in [3.8, 4) is 0 Å². The van der Waals surface area contributed by atoms with Crippen molar-refractivity contribution < 1.29 is 9.18 Å². The van der Waals surface area contributed by atoms with Crippen molar-refractivity contribution in [2.45, 2.75) is 19.3 Å².